The molecule has 0 bridgehead atoms. The Balaban J connectivity index is 2.96. The molecule has 0 fully saturated rings. The van der Waals surface area contributed by atoms with E-state index in [1.807, 2.05) is 0 Å². The van der Waals surface area contributed by atoms with Crippen molar-refractivity contribution in [3.63, 3.8) is 0 Å². The average molecular weight is 206 g/mol. The maximum Gasteiger partial charge on any atom is 0.0792 e. The molecular weight excluding hydrogens is 184 g/mol. The Labute approximate surface area is 93.1 Å². The lowest BCUT2D eigenvalue weighted by Gasteiger charge is -2.15. The number of rotatable bonds is 5. The van der Waals surface area contributed by atoms with Gasteiger partial charge in [-0.05, 0) is 36.0 Å². The normalized spacial score (nSPS) is 12.8. The summed E-state index contributed by atoms with van der Waals surface area (Å²) in [7, 11) is 0. The maximum absolute atomic E-state index is 10.00. The highest BCUT2D eigenvalue weighted by atomic mass is 16.3. The van der Waals surface area contributed by atoms with Gasteiger partial charge in [-0.15, -0.1) is 0 Å². The van der Waals surface area contributed by atoms with E-state index >= 15 is 0 Å². The van der Waals surface area contributed by atoms with Crippen LogP contribution >= 0.6 is 0 Å². The summed E-state index contributed by atoms with van der Waals surface area (Å²) in [6.45, 7) is 6.42. The van der Waals surface area contributed by atoms with Crippen molar-refractivity contribution in [2.75, 3.05) is 0 Å². The fourth-order valence-electron chi connectivity index (χ4n) is 1.94. The zero-order chi connectivity index (χ0) is 11.3. The smallest absolute Gasteiger partial charge is 0.0792 e. The van der Waals surface area contributed by atoms with Crippen LogP contribution in [0.1, 0.15) is 56.4 Å². The number of aliphatic hydroxyl groups excluding tert-OH is 1. The maximum atomic E-state index is 10.00. The van der Waals surface area contributed by atoms with Crippen LogP contribution < -0.4 is 0 Å². The molecule has 0 aliphatic rings. The fourth-order valence-corrected chi connectivity index (χ4v) is 1.94. The first-order valence-corrected chi connectivity index (χ1v) is 6.02. The topological polar surface area (TPSA) is 20.2 Å². The molecule has 1 N–H and O–H groups in total. The minimum absolute atomic E-state index is 0.282. The molecule has 0 spiro atoms. The van der Waals surface area contributed by atoms with Crippen LogP contribution in [-0.2, 0) is 12.8 Å². The highest BCUT2D eigenvalue weighted by Crippen LogP contribution is 2.24. The molecule has 0 aliphatic heterocycles. The molecular formula is C14H22O. The van der Waals surface area contributed by atoms with Gasteiger partial charge in [-0.25, -0.2) is 0 Å². The summed E-state index contributed by atoms with van der Waals surface area (Å²) in [5.41, 5.74) is 3.78. The lowest BCUT2D eigenvalue weighted by molar-refractivity contribution is 0.165. The van der Waals surface area contributed by atoms with E-state index in [-0.39, 0.29) is 6.10 Å². The van der Waals surface area contributed by atoms with Crippen LogP contribution in [0.4, 0.5) is 0 Å². The van der Waals surface area contributed by atoms with Crippen LogP contribution in [0.3, 0.4) is 0 Å². The zero-order valence-corrected chi connectivity index (χ0v) is 10.1. The van der Waals surface area contributed by atoms with Crippen LogP contribution in [0.5, 0.6) is 0 Å². The second-order valence-electron chi connectivity index (χ2n) is 4.04. The summed E-state index contributed by atoms with van der Waals surface area (Å²) in [5.74, 6) is 0. The first-order chi connectivity index (χ1) is 7.22. The second-order valence-corrected chi connectivity index (χ2v) is 4.04. The molecule has 0 aliphatic carbocycles. The van der Waals surface area contributed by atoms with Crippen LogP contribution in [0, 0.1) is 0 Å². The van der Waals surface area contributed by atoms with Gasteiger partial charge in [0, 0.05) is 0 Å². The van der Waals surface area contributed by atoms with Gasteiger partial charge in [0.1, 0.15) is 0 Å². The van der Waals surface area contributed by atoms with Gasteiger partial charge in [-0.3, -0.25) is 0 Å². The van der Waals surface area contributed by atoms with Crippen LogP contribution in [0.15, 0.2) is 18.2 Å². The summed E-state index contributed by atoms with van der Waals surface area (Å²) in [5, 5.41) is 10.00. The molecule has 84 valence electrons. The lowest BCUT2D eigenvalue weighted by atomic mass is 9.95. The van der Waals surface area contributed by atoms with Crippen molar-refractivity contribution in [3.8, 4) is 0 Å². The first-order valence-electron chi connectivity index (χ1n) is 6.02. The van der Waals surface area contributed by atoms with Gasteiger partial charge in [-0.2, -0.15) is 0 Å². The van der Waals surface area contributed by atoms with Crippen molar-refractivity contribution in [3.05, 3.63) is 34.9 Å². The minimum Gasteiger partial charge on any atom is -0.388 e. The van der Waals surface area contributed by atoms with Gasteiger partial charge in [0.2, 0.25) is 0 Å². The van der Waals surface area contributed by atoms with Crippen LogP contribution in [0.25, 0.3) is 0 Å². The van der Waals surface area contributed by atoms with Gasteiger partial charge in [0.05, 0.1) is 6.10 Å². The molecule has 0 aromatic heterocycles. The Morgan fingerprint density at radius 3 is 2.40 bits per heavy atom. The summed E-state index contributed by atoms with van der Waals surface area (Å²) in [6, 6.07) is 6.46. The van der Waals surface area contributed by atoms with E-state index < -0.39 is 0 Å². The third-order valence-electron chi connectivity index (χ3n) is 2.92. The molecule has 1 atom stereocenters. The Kier molecular flexibility index (Phi) is 4.83. The second kappa shape index (κ2) is 5.92. The van der Waals surface area contributed by atoms with Crippen molar-refractivity contribution >= 4 is 0 Å². The molecule has 1 aromatic carbocycles. The Hall–Kier alpha value is -0.820. The van der Waals surface area contributed by atoms with Crippen LogP contribution in [0.2, 0.25) is 0 Å². The van der Waals surface area contributed by atoms with E-state index in [1.165, 1.54) is 11.1 Å². The van der Waals surface area contributed by atoms with Crippen molar-refractivity contribution in [1.82, 2.24) is 0 Å². The van der Waals surface area contributed by atoms with E-state index in [0.29, 0.717) is 0 Å². The number of aryl methyl sites for hydroxylation is 2. The number of aliphatic hydroxyl groups is 1. The van der Waals surface area contributed by atoms with E-state index in [1.54, 1.807) is 0 Å². The lowest BCUT2D eigenvalue weighted by Crippen LogP contribution is -2.02. The first kappa shape index (κ1) is 12.3. The quantitative estimate of drug-likeness (QED) is 0.779. The Bertz CT molecular complexity index is 304. The average Bonchev–Trinajstić information content (AvgIpc) is 2.28. The molecule has 15 heavy (non-hydrogen) atoms. The van der Waals surface area contributed by atoms with E-state index in [0.717, 1.165) is 31.2 Å². The highest BCUT2D eigenvalue weighted by Gasteiger charge is 2.10. The van der Waals surface area contributed by atoms with Gasteiger partial charge in [0.25, 0.3) is 0 Å². The highest BCUT2D eigenvalue weighted by molar-refractivity contribution is 5.33. The van der Waals surface area contributed by atoms with E-state index in [4.69, 9.17) is 0 Å². The number of hydrogen-bond donors (Lipinski definition) is 1. The van der Waals surface area contributed by atoms with E-state index in [2.05, 4.69) is 39.0 Å². The largest absolute Gasteiger partial charge is 0.388 e. The monoisotopic (exact) mass is 206 g/mol. The summed E-state index contributed by atoms with van der Waals surface area (Å²) in [6.07, 6.45) is 3.68. The third-order valence-corrected chi connectivity index (χ3v) is 2.92. The minimum atomic E-state index is -0.282. The number of benzene rings is 1. The zero-order valence-electron chi connectivity index (χ0n) is 10.1. The van der Waals surface area contributed by atoms with Gasteiger partial charge >= 0.3 is 0 Å². The van der Waals surface area contributed by atoms with Crippen molar-refractivity contribution in [2.45, 2.75) is 52.6 Å². The molecule has 0 radical (unpaired) electrons. The van der Waals surface area contributed by atoms with Crippen molar-refractivity contribution < 1.29 is 5.11 Å². The predicted octanol–water partition coefficient (Wildman–Crippen LogP) is 3.64. The fraction of sp³-hybridized carbons (Fsp3) is 0.571. The summed E-state index contributed by atoms with van der Waals surface area (Å²) >= 11 is 0. The van der Waals surface area contributed by atoms with Crippen molar-refractivity contribution in [1.29, 1.82) is 0 Å². The van der Waals surface area contributed by atoms with E-state index in [9.17, 15) is 5.11 Å². The third kappa shape index (κ3) is 3.07. The molecule has 1 rings (SSSR count). The predicted molar refractivity (Wildman–Crippen MR) is 65.1 cm³/mol. The van der Waals surface area contributed by atoms with Gasteiger partial charge in [0.15, 0.2) is 0 Å². The molecule has 1 nitrogen and oxygen atoms in total. The molecule has 1 unspecified atom stereocenters. The number of hydrogen-bond acceptors (Lipinski definition) is 1. The van der Waals surface area contributed by atoms with Crippen LogP contribution in [-0.4, -0.2) is 5.11 Å². The molecule has 1 aromatic rings. The van der Waals surface area contributed by atoms with Crippen molar-refractivity contribution in [2.24, 2.45) is 0 Å². The summed E-state index contributed by atoms with van der Waals surface area (Å²) < 4.78 is 0. The molecule has 0 saturated heterocycles. The molecule has 0 heterocycles. The molecule has 0 amide bonds. The molecule has 0 saturated carbocycles. The van der Waals surface area contributed by atoms with Gasteiger partial charge in [-0.1, -0.05) is 45.4 Å². The Morgan fingerprint density at radius 2 is 1.87 bits per heavy atom. The summed E-state index contributed by atoms with van der Waals surface area (Å²) in [4.78, 5) is 0. The Morgan fingerprint density at radius 1 is 1.13 bits per heavy atom. The standard InChI is InChI=1S/C14H22O/c1-4-7-14(15)13-9-8-11(5-2)10-12(13)6-3/h8-10,14-15H,4-7H2,1-3H3. The SMILES string of the molecule is CCCC(O)c1ccc(CC)cc1CC. The molecule has 1 heteroatoms. The van der Waals surface area contributed by atoms with Gasteiger partial charge < -0.3 is 5.11 Å².